The predicted molar refractivity (Wildman–Crippen MR) is 69.0 cm³/mol. The molecule has 0 aromatic rings. The van der Waals surface area contributed by atoms with E-state index in [2.05, 4.69) is 13.8 Å². The number of aliphatic hydroxyl groups is 2. The van der Waals surface area contributed by atoms with Gasteiger partial charge in [0.05, 0.1) is 0 Å². The molecule has 0 radical (unpaired) electrons. The van der Waals surface area contributed by atoms with Gasteiger partial charge in [0.25, 0.3) is 5.79 Å². The molecule has 5 atom stereocenters. The van der Waals surface area contributed by atoms with E-state index in [4.69, 9.17) is 4.74 Å². The highest BCUT2D eigenvalue weighted by Gasteiger charge is 2.62. The fourth-order valence-corrected chi connectivity index (χ4v) is 4.32. The normalized spacial score (nSPS) is 49.7. The van der Waals surface area contributed by atoms with Crippen LogP contribution >= 0.6 is 0 Å². The molecule has 4 nitrogen and oxygen atoms in total. The third-order valence-electron chi connectivity index (χ3n) is 5.90. The molecule has 3 aliphatic rings. The highest BCUT2D eigenvalue weighted by molar-refractivity contribution is 5.92. The van der Waals surface area contributed by atoms with Crippen molar-refractivity contribution in [3.63, 3.8) is 0 Å². The number of aliphatic hydroxyl groups excluding tert-OH is 1. The minimum atomic E-state index is -1.78. The third kappa shape index (κ3) is 1.50. The van der Waals surface area contributed by atoms with Gasteiger partial charge in [0.1, 0.15) is 6.10 Å². The minimum absolute atomic E-state index is 0.0105. The van der Waals surface area contributed by atoms with Gasteiger partial charge in [-0.05, 0) is 37.0 Å². The van der Waals surface area contributed by atoms with Gasteiger partial charge in [-0.2, -0.15) is 0 Å². The van der Waals surface area contributed by atoms with Gasteiger partial charge in [-0.15, -0.1) is 0 Å². The highest BCUT2D eigenvalue weighted by Crippen LogP contribution is 2.59. The standard InChI is InChI=1S/C15H22O4/c1-8-5-4-6-10-12(16)15(18)11(7-14(8,10)3)9(2)13(17)19-15/h8,10,12,16,18H,4-7H2,1-3H3/t8-,10-,12+,14+,15+/m0/s1. The van der Waals surface area contributed by atoms with Gasteiger partial charge in [0.15, 0.2) is 0 Å². The van der Waals surface area contributed by atoms with Crippen LogP contribution in [0.2, 0.25) is 0 Å². The summed E-state index contributed by atoms with van der Waals surface area (Å²) in [5.74, 6) is -1.81. The molecule has 0 aromatic heterocycles. The van der Waals surface area contributed by atoms with Crippen LogP contribution in [0.5, 0.6) is 0 Å². The van der Waals surface area contributed by atoms with Gasteiger partial charge < -0.3 is 14.9 Å². The van der Waals surface area contributed by atoms with Crippen molar-refractivity contribution < 1.29 is 19.7 Å². The van der Waals surface area contributed by atoms with Crippen molar-refractivity contribution in [1.82, 2.24) is 0 Å². The molecular formula is C15H22O4. The Morgan fingerprint density at radius 3 is 2.74 bits per heavy atom. The van der Waals surface area contributed by atoms with Crippen LogP contribution in [0.1, 0.15) is 46.5 Å². The quantitative estimate of drug-likeness (QED) is 0.656. The van der Waals surface area contributed by atoms with Gasteiger partial charge in [0, 0.05) is 11.1 Å². The van der Waals surface area contributed by atoms with E-state index in [9.17, 15) is 15.0 Å². The molecule has 1 heterocycles. The van der Waals surface area contributed by atoms with E-state index < -0.39 is 17.9 Å². The summed E-state index contributed by atoms with van der Waals surface area (Å²) in [6.45, 7) is 6.06. The van der Waals surface area contributed by atoms with Gasteiger partial charge in [-0.1, -0.05) is 26.7 Å². The summed E-state index contributed by atoms with van der Waals surface area (Å²) in [6.07, 6.45) is 2.71. The molecule has 106 valence electrons. The van der Waals surface area contributed by atoms with Crippen molar-refractivity contribution in [2.45, 2.75) is 58.3 Å². The number of rotatable bonds is 0. The summed E-state index contributed by atoms with van der Waals surface area (Å²) in [6, 6.07) is 0. The summed E-state index contributed by atoms with van der Waals surface area (Å²) < 4.78 is 5.10. The lowest BCUT2D eigenvalue weighted by atomic mass is 9.52. The smallest absolute Gasteiger partial charge is 0.336 e. The van der Waals surface area contributed by atoms with Crippen molar-refractivity contribution in [1.29, 1.82) is 0 Å². The van der Waals surface area contributed by atoms with Gasteiger partial charge in [-0.25, -0.2) is 4.79 Å². The zero-order chi connectivity index (χ0) is 14.0. The average molecular weight is 266 g/mol. The Kier molecular flexibility index (Phi) is 2.64. The predicted octanol–water partition coefficient (Wildman–Crippen LogP) is 1.76. The molecule has 2 aliphatic carbocycles. The number of ether oxygens (including phenoxy) is 1. The van der Waals surface area contributed by atoms with E-state index in [0.29, 0.717) is 23.5 Å². The van der Waals surface area contributed by atoms with Crippen molar-refractivity contribution in [2.24, 2.45) is 17.3 Å². The summed E-state index contributed by atoms with van der Waals surface area (Å²) >= 11 is 0. The Morgan fingerprint density at radius 1 is 1.37 bits per heavy atom. The number of hydrogen-bond donors (Lipinski definition) is 2. The molecule has 0 spiro atoms. The molecular weight excluding hydrogens is 244 g/mol. The van der Waals surface area contributed by atoms with Crippen molar-refractivity contribution in [3.05, 3.63) is 11.1 Å². The third-order valence-corrected chi connectivity index (χ3v) is 5.90. The lowest BCUT2D eigenvalue weighted by molar-refractivity contribution is -0.255. The fraction of sp³-hybridized carbons (Fsp3) is 0.800. The van der Waals surface area contributed by atoms with E-state index in [1.807, 2.05) is 0 Å². The van der Waals surface area contributed by atoms with Crippen molar-refractivity contribution >= 4 is 5.97 Å². The zero-order valence-corrected chi connectivity index (χ0v) is 11.8. The maximum absolute atomic E-state index is 11.7. The Morgan fingerprint density at radius 2 is 2.05 bits per heavy atom. The topological polar surface area (TPSA) is 66.8 Å². The lowest BCUT2D eigenvalue weighted by Gasteiger charge is -2.55. The molecule has 0 aromatic carbocycles. The van der Waals surface area contributed by atoms with E-state index in [1.165, 1.54) is 0 Å². The molecule has 2 saturated carbocycles. The molecule has 4 heteroatoms. The first-order valence-electron chi connectivity index (χ1n) is 7.14. The molecule has 19 heavy (non-hydrogen) atoms. The summed E-state index contributed by atoms with van der Waals surface area (Å²) in [5, 5.41) is 21.2. The number of fused-ring (bicyclic) bond motifs is 2. The Balaban J connectivity index is 2.09. The Bertz CT molecular complexity index is 469. The fourth-order valence-electron chi connectivity index (χ4n) is 4.32. The summed E-state index contributed by atoms with van der Waals surface area (Å²) in [7, 11) is 0. The van der Waals surface area contributed by atoms with Crippen molar-refractivity contribution in [2.75, 3.05) is 0 Å². The molecule has 0 saturated heterocycles. The van der Waals surface area contributed by atoms with Gasteiger partial charge in [0.2, 0.25) is 0 Å². The number of hydrogen-bond acceptors (Lipinski definition) is 4. The van der Waals surface area contributed by atoms with Crippen LogP contribution in [-0.2, 0) is 9.53 Å². The van der Waals surface area contributed by atoms with Crippen LogP contribution in [0.4, 0.5) is 0 Å². The van der Waals surface area contributed by atoms with Gasteiger partial charge in [-0.3, -0.25) is 0 Å². The highest BCUT2D eigenvalue weighted by atomic mass is 16.7. The molecule has 2 fully saturated rings. The van der Waals surface area contributed by atoms with Crippen LogP contribution in [0.25, 0.3) is 0 Å². The number of carbonyl (C=O) groups excluding carboxylic acids is 1. The molecule has 3 rings (SSSR count). The minimum Gasteiger partial charge on any atom is -0.423 e. The summed E-state index contributed by atoms with van der Waals surface area (Å²) in [5.41, 5.74) is 1.01. The molecule has 1 aliphatic heterocycles. The molecule has 0 unspecified atom stereocenters. The Hall–Kier alpha value is -0.870. The van der Waals surface area contributed by atoms with Crippen molar-refractivity contribution in [3.8, 4) is 0 Å². The van der Waals surface area contributed by atoms with E-state index >= 15 is 0 Å². The molecule has 2 N–H and O–H groups in total. The zero-order valence-electron chi connectivity index (χ0n) is 11.8. The van der Waals surface area contributed by atoms with E-state index in [1.54, 1.807) is 6.92 Å². The van der Waals surface area contributed by atoms with Crippen LogP contribution in [-0.4, -0.2) is 28.1 Å². The molecule has 0 bridgehead atoms. The van der Waals surface area contributed by atoms with E-state index in [-0.39, 0.29) is 11.3 Å². The lowest BCUT2D eigenvalue weighted by Crippen LogP contribution is -2.60. The first kappa shape index (κ1) is 13.1. The maximum atomic E-state index is 11.7. The second kappa shape index (κ2) is 3.83. The van der Waals surface area contributed by atoms with Crippen LogP contribution in [0.3, 0.4) is 0 Å². The first-order valence-corrected chi connectivity index (χ1v) is 7.14. The molecule has 0 amide bonds. The summed E-state index contributed by atoms with van der Waals surface area (Å²) in [4.78, 5) is 11.7. The van der Waals surface area contributed by atoms with Crippen LogP contribution in [0, 0.1) is 17.3 Å². The largest absolute Gasteiger partial charge is 0.423 e. The van der Waals surface area contributed by atoms with Crippen LogP contribution in [0.15, 0.2) is 11.1 Å². The number of carbonyl (C=O) groups is 1. The van der Waals surface area contributed by atoms with Gasteiger partial charge >= 0.3 is 5.97 Å². The average Bonchev–Trinajstić information content (AvgIpc) is 2.56. The monoisotopic (exact) mass is 266 g/mol. The Labute approximate surface area is 113 Å². The SMILES string of the molecule is CC1=C2C[C@]3(C)[C@@H](C)CCC[C@H]3[C@@H](O)[C@]2(O)OC1=O. The second-order valence-electron chi connectivity index (χ2n) is 6.76. The first-order chi connectivity index (χ1) is 8.80. The number of esters is 1. The maximum Gasteiger partial charge on any atom is 0.336 e. The second-order valence-corrected chi connectivity index (χ2v) is 6.76. The van der Waals surface area contributed by atoms with E-state index in [0.717, 1.165) is 19.3 Å². The van der Waals surface area contributed by atoms with Crippen LogP contribution < -0.4 is 0 Å².